The van der Waals surface area contributed by atoms with Crippen molar-refractivity contribution in [1.82, 2.24) is 5.43 Å². The van der Waals surface area contributed by atoms with Gasteiger partial charge in [0.2, 0.25) is 5.91 Å². The highest BCUT2D eigenvalue weighted by molar-refractivity contribution is 5.87. The maximum Gasteiger partial charge on any atom is 0.246 e. The molecule has 0 radical (unpaired) electrons. The summed E-state index contributed by atoms with van der Waals surface area (Å²) in [6, 6.07) is 16.6. The third-order valence-electron chi connectivity index (χ3n) is 4.21. The van der Waals surface area contributed by atoms with E-state index in [1.165, 1.54) is 6.21 Å². The van der Waals surface area contributed by atoms with Crippen LogP contribution in [0.25, 0.3) is 0 Å². The lowest BCUT2D eigenvalue weighted by Crippen LogP contribution is -2.26. The predicted molar refractivity (Wildman–Crippen MR) is 91.7 cm³/mol. The summed E-state index contributed by atoms with van der Waals surface area (Å²) in [4.78, 5) is 12.4. The molecule has 2 unspecified atom stereocenters. The van der Waals surface area contributed by atoms with Crippen LogP contribution in [-0.4, -0.2) is 23.8 Å². The number of hydrogen-bond acceptors (Lipinski definition) is 4. The molecular weight excluding hydrogens is 304 g/mol. The average Bonchev–Trinajstić information content (AvgIpc) is 3.33. The fourth-order valence-electron chi connectivity index (χ4n) is 2.93. The van der Waals surface area contributed by atoms with Crippen molar-refractivity contribution in [2.75, 3.05) is 6.61 Å². The van der Waals surface area contributed by atoms with Gasteiger partial charge in [-0.25, -0.2) is 5.43 Å². The van der Waals surface area contributed by atoms with Gasteiger partial charge in [0.05, 0.1) is 12.1 Å². The lowest BCUT2D eigenvalue weighted by molar-refractivity contribution is -0.124. The molecule has 3 rings (SSSR count). The minimum absolute atomic E-state index is 0.120. The maximum atomic E-state index is 12.4. The van der Waals surface area contributed by atoms with Crippen molar-refractivity contribution in [1.29, 1.82) is 0 Å². The van der Waals surface area contributed by atoms with Gasteiger partial charge in [-0.3, -0.25) is 4.79 Å². The van der Waals surface area contributed by atoms with Crippen LogP contribution >= 0.6 is 0 Å². The zero-order valence-electron chi connectivity index (χ0n) is 13.5. The van der Waals surface area contributed by atoms with Crippen LogP contribution < -0.4 is 5.43 Å². The Morgan fingerprint density at radius 1 is 1.29 bits per heavy atom. The second-order valence-electron chi connectivity index (χ2n) is 5.74. The fourth-order valence-corrected chi connectivity index (χ4v) is 2.93. The molecule has 0 aliphatic heterocycles. The van der Waals surface area contributed by atoms with Crippen molar-refractivity contribution in [3.05, 3.63) is 65.7 Å². The highest BCUT2D eigenvalue weighted by atomic mass is 16.5. The van der Waals surface area contributed by atoms with Gasteiger partial charge in [-0.2, -0.15) is 5.10 Å². The molecule has 2 aromatic rings. The van der Waals surface area contributed by atoms with Crippen LogP contribution in [0.4, 0.5) is 0 Å². The number of nitrogens with zero attached hydrogens (tertiary/aromatic N) is 1. The van der Waals surface area contributed by atoms with Gasteiger partial charge < -0.3 is 9.84 Å². The molecule has 124 valence electrons. The van der Waals surface area contributed by atoms with E-state index in [-0.39, 0.29) is 17.6 Å². The molecule has 5 heteroatoms. The minimum Gasteiger partial charge on any atom is -0.507 e. The zero-order chi connectivity index (χ0) is 17.0. The Morgan fingerprint density at radius 3 is 2.71 bits per heavy atom. The van der Waals surface area contributed by atoms with Crippen LogP contribution in [0, 0.1) is 5.92 Å². The number of carbonyl (C=O) groups is 1. The molecule has 2 N–H and O–H groups in total. The van der Waals surface area contributed by atoms with E-state index in [1.54, 1.807) is 24.3 Å². The molecule has 1 fully saturated rings. The summed E-state index contributed by atoms with van der Waals surface area (Å²) in [5.74, 6) is -0.324. The zero-order valence-corrected chi connectivity index (χ0v) is 13.5. The first-order valence-corrected chi connectivity index (χ1v) is 7.98. The number of hydrogen-bond donors (Lipinski definition) is 2. The van der Waals surface area contributed by atoms with Crippen LogP contribution in [0.3, 0.4) is 0 Å². The first-order valence-electron chi connectivity index (χ1n) is 7.98. The predicted octanol–water partition coefficient (Wildman–Crippen LogP) is 2.79. The lowest BCUT2D eigenvalue weighted by atomic mass is 10.1. The van der Waals surface area contributed by atoms with Crippen molar-refractivity contribution >= 4 is 12.1 Å². The molecule has 2 atom stereocenters. The first kappa shape index (κ1) is 16.2. The number of benzene rings is 2. The Bertz CT molecular complexity index is 745. The smallest absolute Gasteiger partial charge is 0.246 e. The van der Waals surface area contributed by atoms with Crippen LogP contribution in [-0.2, 0) is 15.1 Å². The highest BCUT2D eigenvalue weighted by Gasteiger charge is 2.60. The molecule has 1 aliphatic carbocycles. The highest BCUT2D eigenvalue weighted by Crippen LogP contribution is 2.55. The monoisotopic (exact) mass is 324 g/mol. The minimum atomic E-state index is -0.551. The molecule has 5 nitrogen and oxygen atoms in total. The summed E-state index contributed by atoms with van der Waals surface area (Å²) >= 11 is 0. The van der Waals surface area contributed by atoms with E-state index in [9.17, 15) is 9.90 Å². The number of rotatable bonds is 6. The molecule has 24 heavy (non-hydrogen) atoms. The van der Waals surface area contributed by atoms with Gasteiger partial charge in [0, 0.05) is 12.2 Å². The van der Waals surface area contributed by atoms with Crippen LogP contribution in [0.15, 0.2) is 59.7 Å². The standard InChI is InChI=1S/C19H20N2O3/c1-2-24-19(15-9-4-3-5-10-15)12-16(19)18(23)21-20-13-14-8-6-7-11-17(14)22/h3-11,13,16,22H,2,12H2,1H3,(H,21,23). The normalized spacial score (nSPS) is 22.5. The van der Waals surface area contributed by atoms with Gasteiger partial charge in [0.25, 0.3) is 0 Å². The Kier molecular flexibility index (Phi) is 4.62. The second kappa shape index (κ2) is 6.84. The number of ether oxygens (including phenoxy) is 1. The van der Waals surface area contributed by atoms with Crippen molar-refractivity contribution in [2.24, 2.45) is 11.0 Å². The van der Waals surface area contributed by atoms with Crippen molar-refractivity contribution in [3.8, 4) is 5.75 Å². The lowest BCUT2D eigenvalue weighted by Gasteiger charge is -2.17. The summed E-state index contributed by atoms with van der Waals surface area (Å²) in [6.45, 7) is 2.47. The van der Waals surface area contributed by atoms with Gasteiger partial charge in [-0.1, -0.05) is 42.5 Å². The number of amides is 1. The van der Waals surface area contributed by atoms with E-state index < -0.39 is 5.60 Å². The summed E-state index contributed by atoms with van der Waals surface area (Å²) in [7, 11) is 0. The largest absolute Gasteiger partial charge is 0.507 e. The van der Waals surface area contributed by atoms with E-state index in [0.717, 1.165) is 5.56 Å². The number of phenolic OH excluding ortho intramolecular Hbond substituents is 1. The quantitative estimate of drug-likeness (QED) is 0.634. The number of aromatic hydroxyl groups is 1. The van der Waals surface area contributed by atoms with Crippen molar-refractivity contribution < 1.29 is 14.6 Å². The Morgan fingerprint density at radius 2 is 2.00 bits per heavy atom. The van der Waals surface area contributed by atoms with Gasteiger partial charge in [0.15, 0.2) is 0 Å². The summed E-state index contributed by atoms with van der Waals surface area (Å²) in [5, 5.41) is 13.6. The molecule has 0 saturated heterocycles. The Labute approximate surface area is 141 Å². The molecule has 0 heterocycles. The number of para-hydroxylation sites is 1. The number of carbonyl (C=O) groups excluding carboxylic acids is 1. The average molecular weight is 324 g/mol. The molecule has 0 spiro atoms. The number of phenols is 1. The fraction of sp³-hybridized carbons (Fsp3) is 0.263. The molecule has 1 saturated carbocycles. The van der Waals surface area contributed by atoms with E-state index >= 15 is 0 Å². The molecule has 1 aliphatic rings. The third kappa shape index (κ3) is 3.16. The number of hydrazone groups is 1. The topological polar surface area (TPSA) is 70.9 Å². The van der Waals surface area contributed by atoms with Gasteiger partial charge in [-0.15, -0.1) is 0 Å². The van der Waals surface area contributed by atoms with Crippen LogP contribution in [0.1, 0.15) is 24.5 Å². The SMILES string of the molecule is CCOC1(c2ccccc2)CC1C(=O)NN=Cc1ccccc1O. The van der Waals surface area contributed by atoms with Crippen LogP contribution in [0.5, 0.6) is 5.75 Å². The second-order valence-corrected chi connectivity index (χ2v) is 5.74. The molecular formula is C19H20N2O3. The van der Waals surface area contributed by atoms with Crippen molar-refractivity contribution in [2.45, 2.75) is 18.9 Å². The van der Waals surface area contributed by atoms with E-state index in [1.807, 2.05) is 37.3 Å². The Balaban J connectivity index is 1.67. The molecule has 0 bridgehead atoms. The molecule has 2 aromatic carbocycles. The van der Waals surface area contributed by atoms with Crippen molar-refractivity contribution in [3.63, 3.8) is 0 Å². The van der Waals surface area contributed by atoms with E-state index in [4.69, 9.17) is 4.74 Å². The number of nitrogens with one attached hydrogen (secondary N) is 1. The third-order valence-corrected chi connectivity index (χ3v) is 4.21. The van der Waals surface area contributed by atoms with E-state index in [0.29, 0.717) is 18.6 Å². The van der Waals surface area contributed by atoms with E-state index in [2.05, 4.69) is 10.5 Å². The Hall–Kier alpha value is -2.66. The van der Waals surface area contributed by atoms with Gasteiger partial charge in [-0.05, 0) is 31.0 Å². The first-order chi connectivity index (χ1) is 11.7. The molecule has 0 aromatic heterocycles. The summed E-state index contributed by atoms with van der Waals surface area (Å²) in [6.07, 6.45) is 2.07. The van der Waals surface area contributed by atoms with Gasteiger partial charge >= 0.3 is 0 Å². The van der Waals surface area contributed by atoms with Gasteiger partial charge in [0.1, 0.15) is 11.4 Å². The summed E-state index contributed by atoms with van der Waals surface area (Å²) in [5.41, 5.74) is 3.55. The molecule has 1 amide bonds. The maximum absolute atomic E-state index is 12.4. The van der Waals surface area contributed by atoms with Crippen LogP contribution in [0.2, 0.25) is 0 Å². The summed E-state index contributed by atoms with van der Waals surface area (Å²) < 4.78 is 5.89.